The monoisotopic (exact) mass is 451 g/mol. The highest BCUT2D eigenvalue weighted by atomic mass is 16.5. The highest BCUT2D eigenvalue weighted by molar-refractivity contribution is 5.83. The van der Waals surface area contributed by atoms with Gasteiger partial charge in [0.25, 0.3) is 0 Å². The number of rotatable bonds is 8. The molecule has 0 amide bonds. The van der Waals surface area contributed by atoms with Crippen LogP contribution < -0.4 is 9.64 Å². The number of aldehydes is 1. The number of aryl methyl sites for hydroxylation is 1. The van der Waals surface area contributed by atoms with Gasteiger partial charge in [-0.3, -0.25) is 9.88 Å². The summed E-state index contributed by atoms with van der Waals surface area (Å²) in [7, 11) is 4.04. The van der Waals surface area contributed by atoms with E-state index in [2.05, 4.69) is 33.9 Å². The zero-order valence-electron chi connectivity index (χ0n) is 19.1. The van der Waals surface area contributed by atoms with Gasteiger partial charge in [-0.2, -0.15) is 0 Å². The molecule has 0 bridgehead atoms. The number of carbonyl (C=O) groups excluding carboxylic acids is 1. The van der Waals surface area contributed by atoms with Gasteiger partial charge in [-0.05, 0) is 30.7 Å². The number of hydrogen-bond donors (Lipinski definition) is 1. The number of morpholine rings is 1. The zero-order chi connectivity index (χ0) is 23.4. The Morgan fingerprint density at radius 1 is 1.30 bits per heavy atom. The number of hydrogen-bond acceptors (Lipinski definition) is 9. The molecule has 2 aromatic heterocycles. The van der Waals surface area contributed by atoms with E-state index >= 15 is 0 Å². The Labute approximate surface area is 193 Å². The van der Waals surface area contributed by atoms with Gasteiger partial charge in [-0.1, -0.05) is 6.07 Å². The minimum Gasteiger partial charge on any atom is -0.473 e. The van der Waals surface area contributed by atoms with Gasteiger partial charge < -0.3 is 24.3 Å². The molecule has 1 fully saturated rings. The molecule has 1 saturated heterocycles. The van der Waals surface area contributed by atoms with Crippen LogP contribution in [0.25, 0.3) is 22.3 Å². The van der Waals surface area contributed by atoms with E-state index in [4.69, 9.17) is 14.5 Å². The number of nitrogens with zero attached hydrogens (tertiary/aromatic N) is 5. The van der Waals surface area contributed by atoms with E-state index in [9.17, 15) is 9.90 Å². The van der Waals surface area contributed by atoms with Crippen molar-refractivity contribution >= 4 is 23.0 Å². The third-order valence-corrected chi connectivity index (χ3v) is 5.63. The zero-order valence-corrected chi connectivity index (χ0v) is 19.1. The molecule has 4 rings (SSSR count). The van der Waals surface area contributed by atoms with E-state index in [1.54, 1.807) is 12.4 Å². The lowest BCUT2D eigenvalue weighted by molar-refractivity contribution is -0.117. The van der Waals surface area contributed by atoms with Gasteiger partial charge in [-0.25, -0.2) is 9.97 Å². The molecule has 2 atom stereocenters. The maximum atomic E-state index is 10.8. The molecule has 0 radical (unpaired) electrons. The number of β-amino-alcohol motifs (C(OH)–C–C–N with tert-alkyl or cyclic N) is 1. The number of benzene rings is 1. The minimum atomic E-state index is -0.996. The second-order valence-corrected chi connectivity index (χ2v) is 8.40. The predicted molar refractivity (Wildman–Crippen MR) is 126 cm³/mol. The van der Waals surface area contributed by atoms with Crippen molar-refractivity contribution in [2.24, 2.45) is 0 Å². The minimum absolute atomic E-state index is 0.212. The van der Waals surface area contributed by atoms with Gasteiger partial charge in [0.2, 0.25) is 5.88 Å². The van der Waals surface area contributed by atoms with Gasteiger partial charge in [0, 0.05) is 57.4 Å². The average molecular weight is 452 g/mol. The summed E-state index contributed by atoms with van der Waals surface area (Å²) in [6.45, 7) is 4.35. The maximum Gasteiger partial charge on any atom is 0.242 e. The quantitative estimate of drug-likeness (QED) is 0.513. The van der Waals surface area contributed by atoms with Gasteiger partial charge in [0.15, 0.2) is 5.52 Å². The molecule has 0 saturated carbocycles. The van der Waals surface area contributed by atoms with E-state index in [1.807, 2.05) is 31.1 Å². The van der Waals surface area contributed by atoms with Crippen LogP contribution in [0.4, 0.5) is 5.69 Å². The van der Waals surface area contributed by atoms with Crippen molar-refractivity contribution in [1.82, 2.24) is 19.9 Å². The molecule has 33 heavy (non-hydrogen) atoms. The Hall–Kier alpha value is -3.14. The van der Waals surface area contributed by atoms with E-state index in [0.717, 1.165) is 22.5 Å². The SMILES string of the molecule is Cc1cc(-c2cc3nccnc3c(OC[C@@H]3CN(C[C@@H](O)C=O)CCO3)n2)ccc1N(C)C. The van der Waals surface area contributed by atoms with Crippen LogP contribution in [0.3, 0.4) is 0 Å². The molecule has 0 aliphatic carbocycles. The lowest BCUT2D eigenvalue weighted by Crippen LogP contribution is -2.47. The number of fused-ring (bicyclic) bond motifs is 1. The topological polar surface area (TPSA) is 101 Å². The number of aromatic nitrogens is 3. The van der Waals surface area contributed by atoms with Crippen molar-refractivity contribution in [3.05, 3.63) is 42.2 Å². The van der Waals surface area contributed by atoms with Crippen molar-refractivity contribution in [2.45, 2.75) is 19.1 Å². The maximum absolute atomic E-state index is 10.8. The second-order valence-electron chi connectivity index (χ2n) is 8.40. The van der Waals surface area contributed by atoms with Crippen molar-refractivity contribution in [3.63, 3.8) is 0 Å². The largest absolute Gasteiger partial charge is 0.473 e. The molecule has 174 valence electrons. The number of aliphatic hydroxyl groups excluding tert-OH is 1. The fourth-order valence-electron chi connectivity index (χ4n) is 4.03. The Morgan fingerprint density at radius 2 is 2.12 bits per heavy atom. The number of aliphatic hydroxyl groups is 1. The molecule has 1 N–H and O–H groups in total. The first-order valence-corrected chi connectivity index (χ1v) is 10.9. The summed E-state index contributed by atoms with van der Waals surface area (Å²) in [4.78, 5) is 28.5. The van der Waals surface area contributed by atoms with Crippen LogP contribution in [0.5, 0.6) is 5.88 Å². The molecule has 9 heteroatoms. The van der Waals surface area contributed by atoms with Crippen LogP contribution in [0.1, 0.15) is 5.56 Å². The summed E-state index contributed by atoms with van der Waals surface area (Å²) in [5.41, 5.74) is 5.31. The van der Waals surface area contributed by atoms with Crippen LogP contribution in [-0.4, -0.2) is 90.4 Å². The standard InChI is InChI=1S/C24H29N5O4/c1-16-10-17(4-5-22(16)28(2)3)20-11-21-23(26-7-6-25-21)24(27-20)33-15-19-13-29(8-9-32-19)12-18(31)14-30/h4-7,10-11,14,18-19,31H,8-9,12-13,15H2,1-3H3/t18-,19+/m1/s1. The summed E-state index contributed by atoms with van der Waals surface area (Å²) in [6, 6.07) is 8.13. The number of carbonyl (C=O) groups is 1. The fourth-order valence-corrected chi connectivity index (χ4v) is 4.03. The number of ether oxygens (including phenoxy) is 2. The Morgan fingerprint density at radius 3 is 2.88 bits per heavy atom. The van der Waals surface area contributed by atoms with Gasteiger partial charge >= 0.3 is 0 Å². The third kappa shape index (κ3) is 5.44. The molecular weight excluding hydrogens is 422 g/mol. The molecule has 0 unspecified atom stereocenters. The highest BCUT2D eigenvalue weighted by Gasteiger charge is 2.23. The van der Waals surface area contributed by atoms with Crippen LogP contribution >= 0.6 is 0 Å². The molecule has 3 aromatic rings. The smallest absolute Gasteiger partial charge is 0.242 e. The fraction of sp³-hybridized carbons (Fsp3) is 0.417. The Balaban J connectivity index is 1.56. The Kier molecular flexibility index (Phi) is 7.12. The first-order chi connectivity index (χ1) is 15.9. The predicted octanol–water partition coefficient (Wildman–Crippen LogP) is 1.71. The molecule has 3 heterocycles. The lowest BCUT2D eigenvalue weighted by atomic mass is 10.1. The highest BCUT2D eigenvalue weighted by Crippen LogP contribution is 2.30. The summed E-state index contributed by atoms with van der Waals surface area (Å²) < 4.78 is 11.9. The molecule has 9 nitrogen and oxygen atoms in total. The van der Waals surface area contributed by atoms with Crippen molar-refractivity contribution in [2.75, 3.05) is 51.8 Å². The average Bonchev–Trinajstić information content (AvgIpc) is 2.82. The molecule has 1 aliphatic heterocycles. The second kappa shape index (κ2) is 10.2. The summed E-state index contributed by atoms with van der Waals surface area (Å²) in [5, 5.41) is 9.62. The van der Waals surface area contributed by atoms with Crippen molar-refractivity contribution in [1.29, 1.82) is 0 Å². The normalized spacial score (nSPS) is 17.6. The van der Waals surface area contributed by atoms with E-state index in [-0.39, 0.29) is 19.3 Å². The molecule has 1 aliphatic rings. The summed E-state index contributed by atoms with van der Waals surface area (Å²) in [6.07, 6.45) is 2.61. The van der Waals surface area contributed by atoms with Crippen molar-refractivity contribution < 1.29 is 19.4 Å². The number of anilines is 1. The van der Waals surface area contributed by atoms with E-state index in [1.165, 1.54) is 0 Å². The number of pyridine rings is 1. The van der Waals surface area contributed by atoms with Crippen molar-refractivity contribution in [3.8, 4) is 17.1 Å². The lowest BCUT2D eigenvalue weighted by Gasteiger charge is -2.33. The first kappa shape index (κ1) is 23.0. The third-order valence-electron chi connectivity index (χ3n) is 5.63. The van der Waals surface area contributed by atoms with Crippen LogP contribution in [0.2, 0.25) is 0 Å². The summed E-state index contributed by atoms with van der Waals surface area (Å²) >= 11 is 0. The van der Waals surface area contributed by atoms with Crippen LogP contribution in [0, 0.1) is 6.92 Å². The van der Waals surface area contributed by atoms with E-state index < -0.39 is 6.10 Å². The van der Waals surface area contributed by atoms with Crippen LogP contribution in [0.15, 0.2) is 36.7 Å². The molecule has 1 aromatic carbocycles. The summed E-state index contributed by atoms with van der Waals surface area (Å²) in [5.74, 6) is 0.401. The van der Waals surface area contributed by atoms with Gasteiger partial charge in [0.05, 0.1) is 17.8 Å². The van der Waals surface area contributed by atoms with Gasteiger partial charge in [0.1, 0.15) is 25.1 Å². The first-order valence-electron chi connectivity index (χ1n) is 10.9. The van der Waals surface area contributed by atoms with Gasteiger partial charge in [-0.15, -0.1) is 0 Å². The van der Waals surface area contributed by atoms with Crippen LogP contribution in [-0.2, 0) is 9.53 Å². The van der Waals surface area contributed by atoms with E-state index in [0.29, 0.717) is 42.9 Å². The Bertz CT molecular complexity index is 1120. The molecular formula is C24H29N5O4. The molecule has 0 spiro atoms.